The van der Waals surface area contributed by atoms with E-state index < -0.39 is 5.60 Å². The topological polar surface area (TPSA) is 49.8 Å². The highest BCUT2D eigenvalue weighted by Gasteiger charge is 2.39. The van der Waals surface area contributed by atoms with Gasteiger partial charge < -0.3 is 14.7 Å². The maximum atomic E-state index is 13.1. The fourth-order valence-corrected chi connectivity index (χ4v) is 3.39. The number of aliphatic hydroxyl groups is 1. The van der Waals surface area contributed by atoms with Crippen molar-refractivity contribution < 1.29 is 14.6 Å². The Hall–Kier alpha value is -2.07. The zero-order chi connectivity index (χ0) is 19.2. The van der Waals surface area contributed by atoms with Crippen molar-refractivity contribution in [1.82, 2.24) is 4.90 Å². The molecular formula is C22H31NO3. The lowest BCUT2D eigenvalue weighted by atomic mass is 9.85. The fourth-order valence-electron chi connectivity index (χ4n) is 3.39. The average Bonchev–Trinajstić information content (AvgIpc) is 2.67. The summed E-state index contributed by atoms with van der Waals surface area (Å²) in [5, 5.41) is 13.5. The number of amides is 1. The summed E-state index contributed by atoms with van der Waals surface area (Å²) in [6.45, 7) is 7.20. The molecule has 0 fully saturated rings. The van der Waals surface area contributed by atoms with Crippen LogP contribution in [0.1, 0.15) is 52.0 Å². The van der Waals surface area contributed by atoms with Crippen LogP contribution in [0.5, 0.6) is 5.75 Å². The number of carbonyl (C=O) groups excluding carboxylic acids is 1. The number of benzene rings is 2. The molecule has 0 bridgehead atoms. The average molecular weight is 357 g/mol. The van der Waals surface area contributed by atoms with Gasteiger partial charge in [0.05, 0.1) is 7.11 Å². The molecule has 0 aliphatic heterocycles. The Morgan fingerprint density at radius 3 is 2.31 bits per heavy atom. The van der Waals surface area contributed by atoms with Crippen LogP contribution in [0.25, 0.3) is 10.8 Å². The summed E-state index contributed by atoms with van der Waals surface area (Å²) in [6, 6.07) is 11.6. The summed E-state index contributed by atoms with van der Waals surface area (Å²) in [7, 11) is 1.64. The predicted molar refractivity (Wildman–Crippen MR) is 106 cm³/mol. The minimum atomic E-state index is -1.48. The molecule has 1 atom stereocenters. The molecule has 4 heteroatoms. The van der Waals surface area contributed by atoms with Crippen LogP contribution in [0, 0.1) is 0 Å². The van der Waals surface area contributed by atoms with Crippen molar-refractivity contribution in [3.63, 3.8) is 0 Å². The van der Waals surface area contributed by atoms with Crippen LogP contribution in [0.2, 0.25) is 0 Å². The molecule has 0 spiro atoms. The maximum absolute atomic E-state index is 13.1. The zero-order valence-corrected chi connectivity index (χ0v) is 16.4. The van der Waals surface area contributed by atoms with Gasteiger partial charge in [-0.2, -0.15) is 0 Å². The lowest BCUT2D eigenvalue weighted by molar-refractivity contribution is -0.153. The second-order valence-electron chi connectivity index (χ2n) is 6.72. The molecule has 1 N–H and O–H groups in total. The summed E-state index contributed by atoms with van der Waals surface area (Å²) in [5.74, 6) is 0.592. The van der Waals surface area contributed by atoms with Crippen molar-refractivity contribution in [2.75, 3.05) is 20.2 Å². The molecule has 0 saturated heterocycles. The van der Waals surface area contributed by atoms with Crippen LogP contribution in [0.4, 0.5) is 0 Å². The Labute approximate surface area is 156 Å². The van der Waals surface area contributed by atoms with Gasteiger partial charge in [-0.3, -0.25) is 4.79 Å². The van der Waals surface area contributed by atoms with Gasteiger partial charge in [0, 0.05) is 13.1 Å². The van der Waals surface area contributed by atoms with Crippen molar-refractivity contribution in [2.45, 2.75) is 52.1 Å². The normalized spacial score (nSPS) is 13.4. The number of ether oxygens (including phenoxy) is 1. The van der Waals surface area contributed by atoms with E-state index in [0.717, 1.165) is 35.8 Å². The van der Waals surface area contributed by atoms with Gasteiger partial charge in [-0.1, -0.05) is 38.0 Å². The van der Waals surface area contributed by atoms with Gasteiger partial charge in [0.15, 0.2) is 5.60 Å². The van der Waals surface area contributed by atoms with Gasteiger partial charge in [0.1, 0.15) is 5.75 Å². The lowest BCUT2D eigenvalue weighted by Crippen LogP contribution is -2.47. The molecule has 0 aromatic heterocycles. The first kappa shape index (κ1) is 20.2. The van der Waals surface area contributed by atoms with Gasteiger partial charge in [-0.25, -0.2) is 0 Å². The van der Waals surface area contributed by atoms with Gasteiger partial charge >= 0.3 is 0 Å². The highest BCUT2D eigenvalue weighted by atomic mass is 16.5. The summed E-state index contributed by atoms with van der Waals surface area (Å²) in [5.41, 5.74) is -0.807. The molecule has 2 rings (SSSR count). The van der Waals surface area contributed by atoms with Crippen molar-refractivity contribution >= 4 is 16.7 Å². The molecular weight excluding hydrogens is 326 g/mol. The highest BCUT2D eigenvalue weighted by Crippen LogP contribution is 2.33. The van der Waals surface area contributed by atoms with E-state index >= 15 is 0 Å². The van der Waals surface area contributed by atoms with E-state index in [2.05, 4.69) is 6.92 Å². The molecule has 26 heavy (non-hydrogen) atoms. The zero-order valence-electron chi connectivity index (χ0n) is 16.4. The largest absolute Gasteiger partial charge is 0.497 e. The number of fused-ring (bicyclic) bond motifs is 1. The van der Waals surface area contributed by atoms with E-state index in [1.54, 1.807) is 12.0 Å². The molecule has 2 aromatic rings. The lowest BCUT2D eigenvalue weighted by Gasteiger charge is -2.33. The minimum absolute atomic E-state index is 0.202. The van der Waals surface area contributed by atoms with E-state index in [4.69, 9.17) is 4.74 Å². The van der Waals surface area contributed by atoms with Gasteiger partial charge in [-0.05, 0) is 61.2 Å². The fraction of sp³-hybridized carbons (Fsp3) is 0.500. The SMILES string of the molecule is CCCCCC(O)(C(=O)N(CC)CC)c1ccc2cc(OC)ccc2c1. The number of nitrogens with zero attached hydrogens (tertiary/aromatic N) is 1. The quantitative estimate of drug-likeness (QED) is 0.673. The monoisotopic (exact) mass is 357 g/mol. The van der Waals surface area contributed by atoms with Gasteiger partial charge in [-0.15, -0.1) is 0 Å². The number of hydrogen-bond donors (Lipinski definition) is 1. The third kappa shape index (κ3) is 4.18. The second-order valence-corrected chi connectivity index (χ2v) is 6.72. The number of methoxy groups -OCH3 is 1. The molecule has 0 radical (unpaired) electrons. The Balaban J connectivity index is 2.46. The summed E-state index contributed by atoms with van der Waals surface area (Å²) >= 11 is 0. The number of carbonyl (C=O) groups is 1. The van der Waals surface area contributed by atoms with Crippen molar-refractivity contribution in [1.29, 1.82) is 0 Å². The standard InChI is InChI=1S/C22H31NO3/c1-5-8-9-14-22(25,21(24)23(6-2)7-3)19-12-10-18-16-20(26-4)13-11-17(18)15-19/h10-13,15-16,25H,5-9,14H2,1-4H3. The van der Waals surface area contributed by atoms with Crippen LogP contribution >= 0.6 is 0 Å². The summed E-state index contributed by atoms with van der Waals surface area (Å²) in [6.07, 6.45) is 3.31. The van der Waals surface area contributed by atoms with E-state index in [-0.39, 0.29) is 5.91 Å². The molecule has 1 unspecified atom stereocenters. The molecule has 0 heterocycles. The predicted octanol–water partition coefficient (Wildman–Crippen LogP) is 4.48. The van der Waals surface area contributed by atoms with Crippen molar-refractivity contribution in [3.05, 3.63) is 42.0 Å². The van der Waals surface area contributed by atoms with Gasteiger partial charge in [0.25, 0.3) is 5.91 Å². The van der Waals surface area contributed by atoms with Crippen molar-refractivity contribution in [3.8, 4) is 5.75 Å². The van der Waals surface area contributed by atoms with Crippen molar-refractivity contribution in [2.24, 2.45) is 0 Å². The molecule has 0 aliphatic carbocycles. The first-order valence-corrected chi connectivity index (χ1v) is 9.60. The summed E-state index contributed by atoms with van der Waals surface area (Å²) in [4.78, 5) is 14.8. The second kappa shape index (κ2) is 9.04. The third-order valence-electron chi connectivity index (χ3n) is 5.07. The Bertz CT molecular complexity index is 739. The van der Waals surface area contributed by atoms with Crippen LogP contribution in [0.3, 0.4) is 0 Å². The number of likely N-dealkylation sites (N-methyl/N-ethyl adjacent to an activating group) is 1. The third-order valence-corrected chi connectivity index (χ3v) is 5.07. The van der Waals surface area contributed by atoms with E-state index in [0.29, 0.717) is 25.1 Å². The molecule has 1 amide bonds. The molecule has 0 saturated carbocycles. The van der Waals surface area contributed by atoms with E-state index in [1.807, 2.05) is 50.2 Å². The van der Waals surface area contributed by atoms with Crippen LogP contribution in [0.15, 0.2) is 36.4 Å². The maximum Gasteiger partial charge on any atom is 0.259 e. The summed E-state index contributed by atoms with van der Waals surface area (Å²) < 4.78 is 5.27. The van der Waals surface area contributed by atoms with E-state index in [1.165, 1.54) is 0 Å². The molecule has 4 nitrogen and oxygen atoms in total. The number of rotatable bonds is 9. The van der Waals surface area contributed by atoms with Crippen LogP contribution in [-0.2, 0) is 10.4 Å². The van der Waals surface area contributed by atoms with Crippen LogP contribution in [-0.4, -0.2) is 36.1 Å². The highest BCUT2D eigenvalue weighted by molar-refractivity contribution is 5.90. The first-order chi connectivity index (χ1) is 12.5. The Kier molecular flexibility index (Phi) is 7.04. The number of unbranched alkanes of at least 4 members (excludes halogenated alkanes) is 2. The first-order valence-electron chi connectivity index (χ1n) is 9.60. The number of hydrogen-bond acceptors (Lipinski definition) is 3. The molecule has 2 aromatic carbocycles. The van der Waals surface area contributed by atoms with Crippen LogP contribution < -0.4 is 4.74 Å². The van der Waals surface area contributed by atoms with Gasteiger partial charge in [0.2, 0.25) is 0 Å². The Morgan fingerprint density at radius 1 is 1.04 bits per heavy atom. The van der Waals surface area contributed by atoms with E-state index in [9.17, 15) is 9.90 Å². The molecule has 142 valence electrons. The molecule has 0 aliphatic rings. The smallest absolute Gasteiger partial charge is 0.259 e. The Morgan fingerprint density at radius 2 is 1.69 bits per heavy atom. The minimum Gasteiger partial charge on any atom is -0.497 e.